The monoisotopic (exact) mass is 233 g/mol. The number of hydrogen-bond donors (Lipinski definition) is 1. The van der Waals surface area contributed by atoms with E-state index in [9.17, 15) is 4.79 Å². The molecule has 0 spiro atoms. The molecule has 1 aliphatic heterocycles. The van der Waals surface area contributed by atoms with Crippen LogP contribution in [0, 0.1) is 6.92 Å². The van der Waals surface area contributed by atoms with Crippen LogP contribution in [0.1, 0.15) is 17.5 Å². The lowest BCUT2D eigenvalue weighted by molar-refractivity contribution is -0.121. The highest BCUT2D eigenvalue weighted by Gasteiger charge is 2.17. The summed E-state index contributed by atoms with van der Waals surface area (Å²) < 4.78 is 5.53. The molecule has 0 saturated carbocycles. The Balaban J connectivity index is 1.86. The molecule has 1 atom stereocenters. The summed E-state index contributed by atoms with van der Waals surface area (Å²) >= 11 is 0. The van der Waals surface area contributed by atoms with Gasteiger partial charge in [0.25, 0.3) is 0 Å². The van der Waals surface area contributed by atoms with Crippen LogP contribution in [-0.2, 0) is 16.0 Å². The van der Waals surface area contributed by atoms with E-state index < -0.39 is 0 Å². The van der Waals surface area contributed by atoms with E-state index in [4.69, 9.17) is 4.74 Å². The molecule has 1 fully saturated rings. The number of carbonyl (C=O) groups is 1. The first kappa shape index (κ1) is 12.3. The van der Waals surface area contributed by atoms with Gasteiger partial charge >= 0.3 is 0 Å². The number of ketones is 1. The predicted molar refractivity (Wildman–Crippen MR) is 67.1 cm³/mol. The summed E-state index contributed by atoms with van der Waals surface area (Å²) in [5, 5.41) is 3.24. The Morgan fingerprint density at radius 1 is 1.47 bits per heavy atom. The van der Waals surface area contributed by atoms with Crippen molar-refractivity contribution >= 4 is 5.78 Å². The second kappa shape index (κ2) is 5.94. The fraction of sp³-hybridized carbons (Fsp3) is 0.500. The second-order valence-electron chi connectivity index (χ2n) is 4.54. The van der Waals surface area contributed by atoms with Gasteiger partial charge in [0.2, 0.25) is 0 Å². The summed E-state index contributed by atoms with van der Waals surface area (Å²) in [6.07, 6.45) is 1.09. The predicted octanol–water partition coefficient (Wildman–Crippen LogP) is 1.49. The van der Waals surface area contributed by atoms with Gasteiger partial charge in [-0.1, -0.05) is 24.3 Å². The van der Waals surface area contributed by atoms with E-state index in [1.54, 1.807) is 0 Å². The van der Waals surface area contributed by atoms with Crippen LogP contribution in [0.5, 0.6) is 0 Å². The molecule has 1 aliphatic rings. The molecule has 1 aromatic rings. The van der Waals surface area contributed by atoms with E-state index in [2.05, 4.69) is 5.32 Å². The molecule has 1 aromatic carbocycles. The molecule has 0 aromatic heterocycles. The van der Waals surface area contributed by atoms with E-state index in [-0.39, 0.29) is 11.9 Å². The summed E-state index contributed by atoms with van der Waals surface area (Å²) in [7, 11) is 0. The van der Waals surface area contributed by atoms with Crippen LogP contribution in [0.3, 0.4) is 0 Å². The van der Waals surface area contributed by atoms with Gasteiger partial charge in [-0.3, -0.25) is 4.79 Å². The van der Waals surface area contributed by atoms with Crippen LogP contribution in [0.2, 0.25) is 0 Å². The molecule has 1 unspecified atom stereocenters. The van der Waals surface area contributed by atoms with Crippen molar-refractivity contribution in [2.75, 3.05) is 19.7 Å². The Morgan fingerprint density at radius 3 is 3.00 bits per heavy atom. The van der Waals surface area contributed by atoms with Crippen molar-refractivity contribution in [2.24, 2.45) is 0 Å². The number of ether oxygens (including phenoxy) is 1. The minimum Gasteiger partial charge on any atom is -0.375 e. The van der Waals surface area contributed by atoms with Crippen molar-refractivity contribution in [1.82, 2.24) is 5.32 Å². The van der Waals surface area contributed by atoms with Gasteiger partial charge in [-0.2, -0.15) is 0 Å². The summed E-state index contributed by atoms with van der Waals surface area (Å²) in [6.45, 7) is 4.44. The Hall–Kier alpha value is -1.19. The highest BCUT2D eigenvalue weighted by Crippen LogP contribution is 2.11. The van der Waals surface area contributed by atoms with E-state index in [0.29, 0.717) is 19.4 Å². The molecule has 3 nitrogen and oxygen atoms in total. The smallest absolute Gasteiger partial charge is 0.139 e. The average Bonchev–Trinajstić information content (AvgIpc) is 2.33. The zero-order valence-corrected chi connectivity index (χ0v) is 10.2. The second-order valence-corrected chi connectivity index (χ2v) is 4.54. The molecule has 1 heterocycles. The number of morpholine rings is 1. The average molecular weight is 233 g/mol. The van der Waals surface area contributed by atoms with Crippen LogP contribution in [0.4, 0.5) is 0 Å². The van der Waals surface area contributed by atoms with Crippen molar-refractivity contribution in [3.63, 3.8) is 0 Å². The molecular weight excluding hydrogens is 214 g/mol. The van der Waals surface area contributed by atoms with Gasteiger partial charge < -0.3 is 10.1 Å². The maximum atomic E-state index is 11.9. The number of rotatable bonds is 4. The van der Waals surface area contributed by atoms with E-state index >= 15 is 0 Å². The lowest BCUT2D eigenvalue weighted by Crippen LogP contribution is -2.39. The molecule has 1 saturated heterocycles. The SMILES string of the molecule is Cc1ccccc1CC(=O)CC1CNCCO1. The number of aryl methyl sites for hydroxylation is 1. The zero-order chi connectivity index (χ0) is 12.1. The summed E-state index contributed by atoms with van der Waals surface area (Å²) in [5.74, 6) is 0.257. The number of hydrogen-bond acceptors (Lipinski definition) is 3. The maximum absolute atomic E-state index is 11.9. The third-order valence-electron chi connectivity index (χ3n) is 3.11. The summed E-state index contributed by atoms with van der Waals surface area (Å²) in [4.78, 5) is 11.9. The molecule has 0 amide bonds. The topological polar surface area (TPSA) is 38.3 Å². The highest BCUT2D eigenvalue weighted by molar-refractivity contribution is 5.81. The largest absolute Gasteiger partial charge is 0.375 e. The van der Waals surface area contributed by atoms with E-state index in [1.165, 1.54) is 5.56 Å². The Labute approximate surface area is 102 Å². The molecule has 17 heavy (non-hydrogen) atoms. The lowest BCUT2D eigenvalue weighted by atomic mass is 10.0. The summed E-state index contributed by atoms with van der Waals surface area (Å²) in [6, 6.07) is 8.04. The lowest BCUT2D eigenvalue weighted by Gasteiger charge is -2.23. The number of nitrogens with one attached hydrogen (secondary N) is 1. The van der Waals surface area contributed by atoms with Gasteiger partial charge in [0, 0.05) is 25.9 Å². The fourth-order valence-electron chi connectivity index (χ4n) is 2.10. The number of carbonyl (C=O) groups excluding carboxylic acids is 1. The van der Waals surface area contributed by atoms with Gasteiger partial charge in [-0.05, 0) is 18.1 Å². The zero-order valence-electron chi connectivity index (χ0n) is 10.2. The van der Waals surface area contributed by atoms with E-state index in [1.807, 2.05) is 31.2 Å². The Bertz CT molecular complexity index is 384. The van der Waals surface area contributed by atoms with Crippen molar-refractivity contribution in [3.05, 3.63) is 35.4 Å². The Morgan fingerprint density at radius 2 is 2.29 bits per heavy atom. The third-order valence-corrected chi connectivity index (χ3v) is 3.11. The molecule has 0 aliphatic carbocycles. The highest BCUT2D eigenvalue weighted by atomic mass is 16.5. The van der Waals surface area contributed by atoms with Gasteiger partial charge in [0.05, 0.1) is 12.7 Å². The van der Waals surface area contributed by atoms with Crippen LogP contribution < -0.4 is 5.32 Å². The molecule has 2 rings (SSSR count). The van der Waals surface area contributed by atoms with E-state index in [0.717, 1.165) is 18.7 Å². The molecule has 3 heteroatoms. The van der Waals surface area contributed by atoms with Crippen LogP contribution in [0.25, 0.3) is 0 Å². The third kappa shape index (κ3) is 3.65. The number of Topliss-reactive ketones (excluding diaryl/α,β-unsaturated/α-hetero) is 1. The van der Waals surface area contributed by atoms with Crippen LogP contribution in [0.15, 0.2) is 24.3 Å². The summed E-state index contributed by atoms with van der Waals surface area (Å²) in [5.41, 5.74) is 2.31. The fourth-order valence-corrected chi connectivity index (χ4v) is 2.10. The molecule has 92 valence electrons. The first-order chi connectivity index (χ1) is 8.25. The maximum Gasteiger partial charge on any atom is 0.139 e. The molecular formula is C14H19NO2. The van der Waals surface area contributed by atoms with Crippen LogP contribution >= 0.6 is 0 Å². The number of benzene rings is 1. The quantitative estimate of drug-likeness (QED) is 0.856. The first-order valence-electron chi connectivity index (χ1n) is 6.14. The Kier molecular flexibility index (Phi) is 4.29. The van der Waals surface area contributed by atoms with Gasteiger partial charge in [-0.25, -0.2) is 0 Å². The van der Waals surface area contributed by atoms with Crippen molar-refractivity contribution < 1.29 is 9.53 Å². The van der Waals surface area contributed by atoms with Gasteiger partial charge in [-0.15, -0.1) is 0 Å². The molecule has 0 bridgehead atoms. The normalized spacial score (nSPS) is 20.2. The first-order valence-corrected chi connectivity index (χ1v) is 6.14. The molecule has 0 radical (unpaired) electrons. The van der Waals surface area contributed by atoms with Gasteiger partial charge in [0.15, 0.2) is 0 Å². The minimum absolute atomic E-state index is 0.0558. The van der Waals surface area contributed by atoms with Crippen molar-refractivity contribution in [2.45, 2.75) is 25.9 Å². The standard InChI is InChI=1S/C14H19NO2/c1-11-4-2-3-5-12(11)8-13(16)9-14-10-15-6-7-17-14/h2-5,14-15H,6-10H2,1H3. The minimum atomic E-state index is 0.0558. The van der Waals surface area contributed by atoms with Gasteiger partial charge in [0.1, 0.15) is 5.78 Å². The van der Waals surface area contributed by atoms with Crippen LogP contribution in [-0.4, -0.2) is 31.6 Å². The van der Waals surface area contributed by atoms with Crippen molar-refractivity contribution in [1.29, 1.82) is 0 Å². The molecule has 1 N–H and O–H groups in total. The van der Waals surface area contributed by atoms with Crippen molar-refractivity contribution in [3.8, 4) is 0 Å².